The van der Waals surface area contributed by atoms with Crippen molar-refractivity contribution in [3.8, 4) is 17.0 Å². The van der Waals surface area contributed by atoms with Crippen LogP contribution in [0.2, 0.25) is 5.15 Å². The Bertz CT molecular complexity index is 1080. The highest BCUT2D eigenvalue weighted by Crippen LogP contribution is 2.33. The van der Waals surface area contributed by atoms with Crippen molar-refractivity contribution in [1.29, 1.82) is 0 Å². The van der Waals surface area contributed by atoms with E-state index >= 15 is 0 Å². The average molecular weight is 388 g/mol. The van der Waals surface area contributed by atoms with Crippen molar-refractivity contribution in [3.63, 3.8) is 0 Å². The minimum Gasteiger partial charge on any atom is -0.497 e. The molecule has 2 aromatic heterocycles. The lowest BCUT2D eigenvalue weighted by Crippen LogP contribution is -2.28. The first-order valence-electron chi connectivity index (χ1n) is 7.12. The molecule has 5 nitrogen and oxygen atoms in total. The van der Waals surface area contributed by atoms with Gasteiger partial charge in [-0.1, -0.05) is 11.6 Å². The van der Waals surface area contributed by atoms with Gasteiger partial charge in [-0.05, 0) is 18.2 Å². The van der Waals surface area contributed by atoms with Crippen LogP contribution in [-0.2, 0) is 13.2 Å². The number of alkyl halides is 3. The van der Waals surface area contributed by atoms with E-state index in [0.717, 1.165) is 19.2 Å². The van der Waals surface area contributed by atoms with Crippen LogP contribution in [0.3, 0.4) is 0 Å². The van der Waals surface area contributed by atoms with Crippen molar-refractivity contribution in [2.24, 2.45) is 7.05 Å². The molecule has 0 N–H and O–H groups in total. The molecule has 0 radical (unpaired) electrons. The second-order valence-corrected chi connectivity index (χ2v) is 5.72. The SMILES string of the molecule is COc1ccc(-c2nc(Cl)cc3c(=O)n(C)c(C(F)(F)F)nc23)c(F)c1. The van der Waals surface area contributed by atoms with Crippen molar-refractivity contribution < 1.29 is 22.3 Å². The van der Waals surface area contributed by atoms with Gasteiger partial charge in [0.25, 0.3) is 5.56 Å². The van der Waals surface area contributed by atoms with Crippen molar-refractivity contribution in [3.05, 3.63) is 51.4 Å². The smallest absolute Gasteiger partial charge is 0.449 e. The van der Waals surface area contributed by atoms with Crippen LogP contribution in [0.1, 0.15) is 5.82 Å². The summed E-state index contributed by atoms with van der Waals surface area (Å²) in [5.74, 6) is -2.02. The lowest BCUT2D eigenvalue weighted by molar-refractivity contribution is -0.147. The van der Waals surface area contributed by atoms with E-state index < -0.39 is 28.9 Å². The lowest BCUT2D eigenvalue weighted by atomic mass is 10.1. The Morgan fingerprint density at radius 2 is 1.88 bits per heavy atom. The third kappa shape index (κ3) is 2.98. The van der Waals surface area contributed by atoms with Crippen LogP contribution in [0.25, 0.3) is 22.2 Å². The first kappa shape index (κ1) is 18.1. The van der Waals surface area contributed by atoms with E-state index in [-0.39, 0.29) is 27.5 Å². The fourth-order valence-electron chi connectivity index (χ4n) is 2.50. The van der Waals surface area contributed by atoms with Crippen LogP contribution >= 0.6 is 11.6 Å². The van der Waals surface area contributed by atoms with E-state index in [1.165, 1.54) is 19.2 Å². The van der Waals surface area contributed by atoms with E-state index in [1.54, 1.807) is 0 Å². The molecule has 0 aliphatic rings. The van der Waals surface area contributed by atoms with Gasteiger partial charge in [-0.3, -0.25) is 9.36 Å². The minimum atomic E-state index is -4.88. The maximum absolute atomic E-state index is 14.4. The minimum absolute atomic E-state index is 0.160. The molecule has 0 aliphatic heterocycles. The van der Waals surface area contributed by atoms with Gasteiger partial charge >= 0.3 is 6.18 Å². The van der Waals surface area contributed by atoms with Crippen LogP contribution in [0, 0.1) is 5.82 Å². The first-order chi connectivity index (χ1) is 12.1. The Morgan fingerprint density at radius 1 is 1.19 bits per heavy atom. The predicted octanol–water partition coefficient (Wildman–Crippen LogP) is 3.82. The summed E-state index contributed by atoms with van der Waals surface area (Å²) in [7, 11) is 2.28. The molecule has 0 unspecified atom stereocenters. The van der Waals surface area contributed by atoms with Crippen molar-refractivity contribution in [2.75, 3.05) is 7.11 Å². The van der Waals surface area contributed by atoms with Crippen LogP contribution in [0.4, 0.5) is 17.6 Å². The van der Waals surface area contributed by atoms with Crippen LogP contribution in [-0.4, -0.2) is 21.6 Å². The number of hydrogen-bond acceptors (Lipinski definition) is 4. The van der Waals surface area contributed by atoms with Gasteiger partial charge in [0.15, 0.2) is 0 Å². The zero-order valence-electron chi connectivity index (χ0n) is 13.4. The van der Waals surface area contributed by atoms with E-state index in [4.69, 9.17) is 16.3 Å². The molecule has 26 heavy (non-hydrogen) atoms. The number of ether oxygens (including phenoxy) is 1. The van der Waals surface area contributed by atoms with E-state index in [1.807, 2.05) is 0 Å². The molecule has 3 aromatic rings. The molecule has 10 heteroatoms. The Labute approximate surface area is 148 Å². The number of benzene rings is 1. The Hall–Kier alpha value is -2.68. The maximum Gasteiger partial charge on any atom is 0.449 e. The normalized spacial score (nSPS) is 11.8. The molecule has 3 rings (SSSR count). The standard InChI is InChI=1S/C16H10ClF4N3O2/c1-24-14(25)9-6-11(17)22-12(13(9)23-15(24)16(19,20)21)8-4-3-7(26-2)5-10(8)18/h3-6H,1-2H3. The van der Waals surface area contributed by atoms with Gasteiger partial charge in [0, 0.05) is 18.7 Å². The van der Waals surface area contributed by atoms with E-state index in [0.29, 0.717) is 4.57 Å². The Kier molecular flexibility index (Phi) is 4.35. The number of hydrogen-bond donors (Lipinski definition) is 0. The average Bonchev–Trinajstić information content (AvgIpc) is 2.56. The summed E-state index contributed by atoms with van der Waals surface area (Å²) in [5.41, 5.74) is -1.79. The zero-order chi connectivity index (χ0) is 19.2. The fourth-order valence-corrected chi connectivity index (χ4v) is 2.69. The molecular weight excluding hydrogens is 378 g/mol. The number of methoxy groups -OCH3 is 1. The van der Waals surface area contributed by atoms with E-state index in [2.05, 4.69) is 9.97 Å². The van der Waals surface area contributed by atoms with Gasteiger partial charge in [0.05, 0.1) is 12.5 Å². The number of aromatic nitrogens is 3. The summed E-state index contributed by atoms with van der Waals surface area (Å²) in [5, 5.41) is -0.382. The molecule has 1 aromatic carbocycles. The van der Waals surface area contributed by atoms with Gasteiger partial charge < -0.3 is 4.74 Å². The van der Waals surface area contributed by atoms with E-state index in [9.17, 15) is 22.4 Å². The van der Waals surface area contributed by atoms with Crippen LogP contribution in [0.5, 0.6) is 5.75 Å². The molecule has 0 saturated heterocycles. The molecule has 0 spiro atoms. The summed E-state index contributed by atoms with van der Waals surface area (Å²) >= 11 is 5.88. The molecule has 0 bridgehead atoms. The monoisotopic (exact) mass is 387 g/mol. The highest BCUT2D eigenvalue weighted by atomic mass is 35.5. The zero-order valence-corrected chi connectivity index (χ0v) is 14.1. The molecule has 0 amide bonds. The number of nitrogens with zero attached hydrogens (tertiary/aromatic N) is 3. The number of pyridine rings is 1. The van der Waals surface area contributed by atoms with Crippen molar-refractivity contribution in [1.82, 2.24) is 14.5 Å². The molecule has 2 heterocycles. The Balaban J connectivity index is 2.43. The van der Waals surface area contributed by atoms with Crippen LogP contribution in [0.15, 0.2) is 29.1 Å². The molecular formula is C16H10ClF4N3O2. The molecule has 0 fully saturated rings. The number of halogens is 5. The summed E-state index contributed by atoms with van der Waals surface area (Å²) in [6, 6.07) is 4.80. The number of rotatable bonds is 2. The molecule has 0 atom stereocenters. The van der Waals surface area contributed by atoms with Gasteiger partial charge in [-0.15, -0.1) is 0 Å². The largest absolute Gasteiger partial charge is 0.497 e. The third-order valence-electron chi connectivity index (χ3n) is 3.72. The molecule has 0 aliphatic carbocycles. The van der Waals surface area contributed by atoms with Gasteiger partial charge in [0.2, 0.25) is 5.82 Å². The molecule has 136 valence electrons. The second kappa shape index (κ2) is 6.24. The van der Waals surface area contributed by atoms with Gasteiger partial charge in [-0.2, -0.15) is 13.2 Å². The third-order valence-corrected chi connectivity index (χ3v) is 3.91. The van der Waals surface area contributed by atoms with Crippen molar-refractivity contribution in [2.45, 2.75) is 6.18 Å². The topological polar surface area (TPSA) is 57.0 Å². The van der Waals surface area contributed by atoms with Gasteiger partial charge in [-0.25, -0.2) is 14.4 Å². The summed E-state index contributed by atoms with van der Waals surface area (Å²) < 4.78 is 59.2. The number of fused-ring (bicyclic) bond motifs is 1. The lowest BCUT2D eigenvalue weighted by Gasteiger charge is -2.14. The maximum atomic E-state index is 14.4. The summed E-state index contributed by atoms with van der Waals surface area (Å²) in [6.07, 6.45) is -4.88. The predicted molar refractivity (Wildman–Crippen MR) is 86.7 cm³/mol. The van der Waals surface area contributed by atoms with Crippen LogP contribution < -0.4 is 10.3 Å². The summed E-state index contributed by atoms with van der Waals surface area (Å²) in [6.45, 7) is 0. The highest BCUT2D eigenvalue weighted by Gasteiger charge is 2.37. The van der Waals surface area contributed by atoms with Crippen molar-refractivity contribution >= 4 is 22.5 Å². The quantitative estimate of drug-likeness (QED) is 0.495. The highest BCUT2D eigenvalue weighted by molar-refractivity contribution is 6.30. The second-order valence-electron chi connectivity index (χ2n) is 5.33. The summed E-state index contributed by atoms with van der Waals surface area (Å²) in [4.78, 5) is 19.8. The van der Waals surface area contributed by atoms with Gasteiger partial charge in [0.1, 0.15) is 27.9 Å². The molecule has 0 saturated carbocycles. The Morgan fingerprint density at radius 3 is 2.46 bits per heavy atom. The fraction of sp³-hybridized carbons (Fsp3) is 0.188. The first-order valence-corrected chi connectivity index (χ1v) is 7.49.